The summed E-state index contributed by atoms with van der Waals surface area (Å²) in [6.07, 6.45) is -2.45. The molecule has 0 amide bonds. The van der Waals surface area contributed by atoms with Gasteiger partial charge in [0, 0.05) is 18.7 Å². The average molecular weight is 198 g/mol. The first-order valence-electron chi connectivity index (χ1n) is 4.51. The first-order chi connectivity index (χ1) is 6.63. The third-order valence-corrected chi connectivity index (χ3v) is 2.61. The molecule has 0 spiro atoms. The predicted molar refractivity (Wildman–Crippen MR) is 50.1 cm³/mol. The summed E-state index contributed by atoms with van der Waals surface area (Å²) in [6, 6.07) is 6.48. The number of alkyl halides is 2. The molecule has 3 N–H and O–H groups in total. The van der Waals surface area contributed by atoms with Gasteiger partial charge in [0.15, 0.2) is 0 Å². The van der Waals surface area contributed by atoms with Crippen LogP contribution < -0.4 is 11.1 Å². The Bertz CT molecular complexity index is 335. The second-order valence-electron chi connectivity index (χ2n) is 3.65. The van der Waals surface area contributed by atoms with Crippen LogP contribution in [0, 0.1) is 0 Å². The fourth-order valence-corrected chi connectivity index (χ4v) is 1.73. The largest absolute Gasteiger partial charge is 0.319 e. The highest BCUT2D eigenvalue weighted by molar-refractivity contribution is 5.36. The van der Waals surface area contributed by atoms with Crippen molar-refractivity contribution in [2.75, 3.05) is 13.1 Å². The van der Waals surface area contributed by atoms with Crippen LogP contribution in [-0.4, -0.2) is 13.1 Å². The molecule has 1 aliphatic rings. The molecule has 1 aliphatic heterocycles. The summed E-state index contributed by atoms with van der Waals surface area (Å²) in [4.78, 5) is 0. The van der Waals surface area contributed by atoms with Gasteiger partial charge in [-0.2, -0.15) is 0 Å². The van der Waals surface area contributed by atoms with Gasteiger partial charge in [0.2, 0.25) is 0 Å². The molecule has 0 atom stereocenters. The number of rotatable bonds is 2. The molecule has 1 aromatic carbocycles. The molecule has 1 aromatic rings. The summed E-state index contributed by atoms with van der Waals surface area (Å²) in [5.74, 6) is 0. The van der Waals surface area contributed by atoms with Crippen molar-refractivity contribution in [3.63, 3.8) is 0 Å². The maximum absolute atomic E-state index is 12.6. The Morgan fingerprint density at radius 3 is 2.43 bits per heavy atom. The van der Waals surface area contributed by atoms with Crippen LogP contribution in [0.4, 0.5) is 8.78 Å². The normalized spacial score (nSPS) is 19.4. The van der Waals surface area contributed by atoms with Crippen molar-refractivity contribution in [3.05, 3.63) is 35.4 Å². The van der Waals surface area contributed by atoms with Crippen LogP contribution in [0.3, 0.4) is 0 Å². The van der Waals surface area contributed by atoms with Crippen LogP contribution in [-0.2, 0) is 5.54 Å². The van der Waals surface area contributed by atoms with Crippen LogP contribution in [0.2, 0.25) is 0 Å². The fraction of sp³-hybridized carbons (Fsp3) is 0.400. The molecule has 0 aliphatic carbocycles. The highest BCUT2D eigenvalue weighted by Gasteiger charge is 2.37. The van der Waals surface area contributed by atoms with E-state index in [0.29, 0.717) is 18.7 Å². The third kappa shape index (κ3) is 1.40. The molecular weight excluding hydrogens is 186 g/mol. The summed E-state index contributed by atoms with van der Waals surface area (Å²) in [5.41, 5.74) is 5.98. The van der Waals surface area contributed by atoms with Gasteiger partial charge >= 0.3 is 0 Å². The zero-order chi connectivity index (χ0) is 10.2. The van der Waals surface area contributed by atoms with E-state index >= 15 is 0 Å². The summed E-state index contributed by atoms with van der Waals surface area (Å²) >= 11 is 0. The minimum atomic E-state index is -2.45. The van der Waals surface area contributed by atoms with Crippen molar-refractivity contribution in [1.82, 2.24) is 5.32 Å². The number of nitrogens with one attached hydrogen (secondary N) is 1. The second-order valence-corrected chi connectivity index (χ2v) is 3.65. The van der Waals surface area contributed by atoms with E-state index in [1.807, 2.05) is 0 Å². The van der Waals surface area contributed by atoms with Crippen LogP contribution in [0.5, 0.6) is 0 Å². The first kappa shape index (κ1) is 9.55. The molecule has 2 rings (SSSR count). The molecule has 1 saturated heterocycles. The SMILES string of the molecule is NC1(c2ccccc2C(F)F)CNC1. The molecule has 0 radical (unpaired) electrons. The number of benzene rings is 1. The molecule has 0 aromatic heterocycles. The Kier molecular flexibility index (Phi) is 2.25. The minimum Gasteiger partial charge on any atom is -0.319 e. The standard InChI is InChI=1S/C10H12F2N2/c11-9(12)7-3-1-2-4-8(7)10(13)5-14-6-10/h1-4,9,14H,5-6,13H2. The van der Waals surface area contributed by atoms with E-state index < -0.39 is 12.0 Å². The van der Waals surface area contributed by atoms with Gasteiger partial charge in [-0.3, -0.25) is 0 Å². The van der Waals surface area contributed by atoms with Gasteiger partial charge in [0.1, 0.15) is 0 Å². The third-order valence-electron chi connectivity index (χ3n) is 2.61. The van der Waals surface area contributed by atoms with Crippen LogP contribution in [0.15, 0.2) is 24.3 Å². The molecule has 4 heteroatoms. The smallest absolute Gasteiger partial charge is 0.264 e. The average Bonchev–Trinajstić information content (AvgIpc) is 2.14. The molecule has 1 fully saturated rings. The summed E-state index contributed by atoms with van der Waals surface area (Å²) in [7, 11) is 0. The maximum Gasteiger partial charge on any atom is 0.264 e. The van der Waals surface area contributed by atoms with Crippen molar-refractivity contribution in [2.45, 2.75) is 12.0 Å². The zero-order valence-corrected chi connectivity index (χ0v) is 7.63. The van der Waals surface area contributed by atoms with Crippen molar-refractivity contribution in [2.24, 2.45) is 5.73 Å². The zero-order valence-electron chi connectivity index (χ0n) is 7.63. The number of halogens is 2. The van der Waals surface area contributed by atoms with Crippen molar-refractivity contribution in [3.8, 4) is 0 Å². The van der Waals surface area contributed by atoms with Crippen molar-refractivity contribution >= 4 is 0 Å². The lowest BCUT2D eigenvalue weighted by Gasteiger charge is -2.40. The Labute approximate surface area is 81.1 Å². The summed E-state index contributed by atoms with van der Waals surface area (Å²) < 4.78 is 25.3. The number of nitrogens with two attached hydrogens (primary N) is 1. The van der Waals surface area contributed by atoms with Gasteiger partial charge in [-0.05, 0) is 5.56 Å². The molecule has 1 heterocycles. The number of hydrogen-bond donors (Lipinski definition) is 2. The van der Waals surface area contributed by atoms with Crippen LogP contribution >= 0.6 is 0 Å². The van der Waals surface area contributed by atoms with Crippen molar-refractivity contribution < 1.29 is 8.78 Å². The lowest BCUT2D eigenvalue weighted by atomic mass is 9.82. The van der Waals surface area contributed by atoms with Gasteiger partial charge < -0.3 is 11.1 Å². The lowest BCUT2D eigenvalue weighted by molar-refractivity contribution is 0.145. The number of hydrogen-bond acceptors (Lipinski definition) is 2. The Hall–Kier alpha value is -1.00. The van der Waals surface area contributed by atoms with E-state index in [1.54, 1.807) is 18.2 Å². The van der Waals surface area contributed by atoms with Gasteiger partial charge in [0.05, 0.1) is 5.54 Å². The summed E-state index contributed by atoms with van der Waals surface area (Å²) in [6.45, 7) is 1.13. The monoisotopic (exact) mass is 198 g/mol. The molecule has 76 valence electrons. The lowest BCUT2D eigenvalue weighted by Crippen LogP contribution is -2.63. The molecule has 0 bridgehead atoms. The Morgan fingerprint density at radius 1 is 1.29 bits per heavy atom. The van der Waals surface area contributed by atoms with E-state index in [4.69, 9.17) is 5.73 Å². The van der Waals surface area contributed by atoms with Gasteiger partial charge in [0.25, 0.3) is 6.43 Å². The van der Waals surface area contributed by atoms with E-state index in [0.717, 1.165) is 0 Å². The minimum absolute atomic E-state index is 0.0523. The van der Waals surface area contributed by atoms with Crippen LogP contribution in [0.25, 0.3) is 0 Å². The van der Waals surface area contributed by atoms with E-state index in [1.165, 1.54) is 6.07 Å². The van der Waals surface area contributed by atoms with Crippen molar-refractivity contribution in [1.29, 1.82) is 0 Å². The second kappa shape index (κ2) is 3.29. The fourth-order valence-electron chi connectivity index (χ4n) is 1.73. The molecule has 0 saturated carbocycles. The van der Waals surface area contributed by atoms with Gasteiger partial charge in [-0.15, -0.1) is 0 Å². The Morgan fingerprint density at radius 2 is 1.93 bits per heavy atom. The highest BCUT2D eigenvalue weighted by Crippen LogP contribution is 2.31. The first-order valence-corrected chi connectivity index (χ1v) is 4.51. The van der Waals surface area contributed by atoms with E-state index in [2.05, 4.69) is 5.32 Å². The highest BCUT2D eigenvalue weighted by atomic mass is 19.3. The topological polar surface area (TPSA) is 38.0 Å². The Balaban J connectivity index is 2.41. The van der Waals surface area contributed by atoms with Gasteiger partial charge in [-0.1, -0.05) is 24.3 Å². The van der Waals surface area contributed by atoms with E-state index in [9.17, 15) is 8.78 Å². The summed E-state index contributed by atoms with van der Waals surface area (Å²) in [5, 5.41) is 3.00. The van der Waals surface area contributed by atoms with E-state index in [-0.39, 0.29) is 5.56 Å². The molecule has 0 unspecified atom stereocenters. The quantitative estimate of drug-likeness (QED) is 0.753. The molecule has 2 nitrogen and oxygen atoms in total. The van der Waals surface area contributed by atoms with Crippen LogP contribution in [0.1, 0.15) is 17.6 Å². The predicted octanol–water partition coefficient (Wildman–Crippen LogP) is 1.38. The maximum atomic E-state index is 12.6. The molecule has 14 heavy (non-hydrogen) atoms. The van der Waals surface area contributed by atoms with Gasteiger partial charge in [-0.25, -0.2) is 8.78 Å². The molecular formula is C10H12F2N2.